The number of ether oxygens (including phenoxy) is 1. The highest BCUT2D eigenvalue weighted by Gasteiger charge is 2.40. The Labute approximate surface area is 106 Å². The minimum absolute atomic E-state index is 0.392. The summed E-state index contributed by atoms with van der Waals surface area (Å²) < 4.78 is 6.13. The van der Waals surface area contributed by atoms with Crippen LogP contribution >= 0.6 is 27.5 Å². The third kappa shape index (κ3) is 1.79. The van der Waals surface area contributed by atoms with Gasteiger partial charge in [-0.05, 0) is 35.0 Å². The molecule has 2 N–H and O–H groups in total. The number of hydrogen-bond acceptors (Lipinski definition) is 3. The van der Waals surface area contributed by atoms with Gasteiger partial charge in [0, 0.05) is 5.02 Å². The summed E-state index contributed by atoms with van der Waals surface area (Å²) in [5, 5.41) is 12.3. The number of aliphatic hydroxyl groups is 1. The zero-order chi connectivity index (χ0) is 11.9. The van der Waals surface area contributed by atoms with Gasteiger partial charge in [0.1, 0.15) is 0 Å². The van der Waals surface area contributed by atoms with Crippen LogP contribution in [-0.4, -0.2) is 23.2 Å². The highest BCUT2D eigenvalue weighted by molar-refractivity contribution is 9.10. The van der Waals surface area contributed by atoms with Crippen molar-refractivity contribution in [2.75, 3.05) is 11.9 Å². The molecule has 1 aromatic carbocycles. The molecule has 1 unspecified atom stereocenters. The molecule has 0 saturated carbocycles. The molecular weight excluding hydrogens is 297 g/mol. The van der Waals surface area contributed by atoms with Crippen LogP contribution in [0.1, 0.15) is 6.92 Å². The first-order valence-electron chi connectivity index (χ1n) is 4.56. The molecule has 0 spiro atoms. The maximum absolute atomic E-state index is 11.7. The van der Waals surface area contributed by atoms with E-state index in [4.69, 9.17) is 21.4 Å². The lowest BCUT2D eigenvalue weighted by molar-refractivity contribution is -0.134. The standard InChI is InChI=1S/C10H9BrClNO3/c1-10(4-14)9(15)13-7-3-5(12)2-6(11)8(7)16-10/h2-3,14H,4H2,1H3,(H,13,15). The third-order valence-electron chi connectivity index (χ3n) is 2.37. The smallest absolute Gasteiger partial charge is 0.270 e. The van der Waals surface area contributed by atoms with E-state index < -0.39 is 18.1 Å². The Balaban J connectivity index is 2.51. The lowest BCUT2D eigenvalue weighted by Crippen LogP contribution is -2.51. The molecule has 0 saturated heterocycles. The van der Waals surface area contributed by atoms with Crippen molar-refractivity contribution in [2.24, 2.45) is 0 Å². The van der Waals surface area contributed by atoms with E-state index in [0.29, 0.717) is 20.9 Å². The zero-order valence-electron chi connectivity index (χ0n) is 8.38. The Morgan fingerprint density at radius 2 is 2.31 bits per heavy atom. The fourth-order valence-electron chi connectivity index (χ4n) is 1.39. The Bertz CT molecular complexity index is 466. The van der Waals surface area contributed by atoms with Crippen LogP contribution < -0.4 is 10.1 Å². The average Bonchev–Trinajstić information content (AvgIpc) is 2.21. The van der Waals surface area contributed by atoms with Gasteiger partial charge in [-0.2, -0.15) is 0 Å². The number of amides is 1. The molecule has 0 radical (unpaired) electrons. The molecule has 1 aromatic rings. The lowest BCUT2D eigenvalue weighted by atomic mass is 10.0. The predicted molar refractivity (Wildman–Crippen MR) is 63.9 cm³/mol. The van der Waals surface area contributed by atoms with E-state index in [1.54, 1.807) is 12.1 Å². The second kappa shape index (κ2) is 3.91. The van der Waals surface area contributed by atoms with E-state index in [1.165, 1.54) is 6.92 Å². The van der Waals surface area contributed by atoms with Gasteiger partial charge in [-0.25, -0.2) is 0 Å². The molecule has 2 rings (SSSR count). The molecule has 1 aliphatic rings. The minimum atomic E-state index is -1.26. The van der Waals surface area contributed by atoms with Gasteiger partial charge in [-0.3, -0.25) is 4.79 Å². The van der Waals surface area contributed by atoms with Crippen LogP contribution in [-0.2, 0) is 4.79 Å². The first-order chi connectivity index (χ1) is 7.46. The van der Waals surface area contributed by atoms with Gasteiger partial charge in [0.25, 0.3) is 5.91 Å². The van der Waals surface area contributed by atoms with E-state index in [-0.39, 0.29) is 0 Å². The summed E-state index contributed by atoms with van der Waals surface area (Å²) in [5.41, 5.74) is -0.765. The quantitative estimate of drug-likeness (QED) is 0.836. The number of benzene rings is 1. The van der Waals surface area contributed by atoms with Crippen molar-refractivity contribution in [1.29, 1.82) is 0 Å². The van der Waals surface area contributed by atoms with Gasteiger partial charge in [0.15, 0.2) is 5.75 Å². The van der Waals surface area contributed by atoms with Crippen LogP contribution in [0, 0.1) is 0 Å². The maximum atomic E-state index is 11.7. The second-order valence-electron chi connectivity index (χ2n) is 3.71. The van der Waals surface area contributed by atoms with Gasteiger partial charge in [-0.15, -0.1) is 0 Å². The number of aliphatic hydroxyl groups excluding tert-OH is 1. The fourth-order valence-corrected chi connectivity index (χ4v) is 2.28. The summed E-state index contributed by atoms with van der Waals surface area (Å²) in [6, 6.07) is 3.26. The molecule has 1 heterocycles. The Morgan fingerprint density at radius 1 is 1.62 bits per heavy atom. The van der Waals surface area contributed by atoms with E-state index in [0.717, 1.165) is 0 Å². The molecule has 0 fully saturated rings. The highest BCUT2D eigenvalue weighted by Crippen LogP contribution is 2.41. The topological polar surface area (TPSA) is 58.6 Å². The van der Waals surface area contributed by atoms with Crippen molar-refractivity contribution < 1.29 is 14.6 Å². The molecule has 4 nitrogen and oxygen atoms in total. The summed E-state index contributed by atoms with van der Waals surface area (Å²) in [4.78, 5) is 11.7. The highest BCUT2D eigenvalue weighted by atomic mass is 79.9. The summed E-state index contributed by atoms with van der Waals surface area (Å²) in [6.07, 6.45) is 0. The Kier molecular flexibility index (Phi) is 2.86. The summed E-state index contributed by atoms with van der Waals surface area (Å²) >= 11 is 9.14. The van der Waals surface area contributed by atoms with Crippen molar-refractivity contribution >= 4 is 39.1 Å². The number of rotatable bonds is 1. The van der Waals surface area contributed by atoms with E-state index in [2.05, 4.69) is 21.2 Å². The molecule has 86 valence electrons. The van der Waals surface area contributed by atoms with Gasteiger partial charge in [0.2, 0.25) is 5.60 Å². The largest absolute Gasteiger partial charge is 0.472 e. The summed E-state index contributed by atoms with van der Waals surface area (Å²) in [7, 11) is 0. The predicted octanol–water partition coefficient (Wildman–Crippen LogP) is 2.18. The molecule has 0 aliphatic carbocycles. The second-order valence-corrected chi connectivity index (χ2v) is 5.00. The SMILES string of the molecule is CC1(CO)Oc2c(Br)cc(Cl)cc2NC1=O. The molecule has 1 aliphatic heterocycles. The van der Waals surface area contributed by atoms with Crippen LogP contribution in [0.2, 0.25) is 5.02 Å². The summed E-state index contributed by atoms with van der Waals surface area (Å²) in [6.45, 7) is 1.12. The van der Waals surface area contributed by atoms with Gasteiger partial charge >= 0.3 is 0 Å². The Morgan fingerprint density at radius 3 is 2.94 bits per heavy atom. The third-order valence-corrected chi connectivity index (χ3v) is 3.17. The first kappa shape index (κ1) is 11.7. The number of carbonyl (C=O) groups is 1. The van der Waals surface area contributed by atoms with E-state index in [1.807, 2.05) is 0 Å². The number of fused-ring (bicyclic) bond motifs is 1. The zero-order valence-corrected chi connectivity index (χ0v) is 10.7. The van der Waals surface area contributed by atoms with Crippen LogP contribution in [0.25, 0.3) is 0 Å². The number of halogens is 2. The Hall–Kier alpha value is -0.780. The maximum Gasteiger partial charge on any atom is 0.270 e. The summed E-state index contributed by atoms with van der Waals surface area (Å²) in [5.74, 6) is 0.0808. The number of hydrogen-bond donors (Lipinski definition) is 2. The lowest BCUT2D eigenvalue weighted by Gasteiger charge is -2.33. The first-order valence-corrected chi connectivity index (χ1v) is 5.74. The molecule has 1 amide bonds. The van der Waals surface area contributed by atoms with E-state index >= 15 is 0 Å². The average molecular weight is 307 g/mol. The molecule has 6 heteroatoms. The normalized spacial score (nSPS) is 23.4. The van der Waals surface area contributed by atoms with Crippen LogP contribution in [0.5, 0.6) is 5.75 Å². The van der Waals surface area contributed by atoms with Crippen LogP contribution in [0.3, 0.4) is 0 Å². The number of nitrogens with one attached hydrogen (secondary N) is 1. The van der Waals surface area contributed by atoms with Gasteiger partial charge < -0.3 is 15.2 Å². The van der Waals surface area contributed by atoms with E-state index in [9.17, 15) is 4.79 Å². The van der Waals surface area contributed by atoms with Crippen molar-refractivity contribution in [2.45, 2.75) is 12.5 Å². The minimum Gasteiger partial charge on any atom is -0.472 e. The molecule has 1 atom stereocenters. The monoisotopic (exact) mass is 305 g/mol. The number of carbonyl (C=O) groups excluding carboxylic acids is 1. The van der Waals surface area contributed by atoms with Gasteiger partial charge in [-0.1, -0.05) is 11.6 Å². The van der Waals surface area contributed by atoms with Crippen molar-refractivity contribution in [1.82, 2.24) is 0 Å². The fraction of sp³-hybridized carbons (Fsp3) is 0.300. The van der Waals surface area contributed by atoms with Gasteiger partial charge in [0.05, 0.1) is 16.8 Å². The molecular formula is C10H9BrClNO3. The molecule has 0 bridgehead atoms. The van der Waals surface area contributed by atoms with Crippen molar-refractivity contribution in [3.8, 4) is 5.75 Å². The van der Waals surface area contributed by atoms with Crippen LogP contribution in [0.15, 0.2) is 16.6 Å². The van der Waals surface area contributed by atoms with Crippen molar-refractivity contribution in [3.63, 3.8) is 0 Å². The number of anilines is 1. The van der Waals surface area contributed by atoms with Crippen molar-refractivity contribution in [3.05, 3.63) is 21.6 Å². The van der Waals surface area contributed by atoms with Crippen LogP contribution in [0.4, 0.5) is 5.69 Å². The molecule has 0 aromatic heterocycles. The molecule has 16 heavy (non-hydrogen) atoms.